The zero-order chi connectivity index (χ0) is 17.4. The Morgan fingerprint density at radius 1 is 0.920 bits per heavy atom. The summed E-state index contributed by atoms with van der Waals surface area (Å²) in [5, 5.41) is 0. The predicted molar refractivity (Wildman–Crippen MR) is 95.6 cm³/mol. The van der Waals surface area contributed by atoms with E-state index in [1.165, 1.54) is 37.7 Å². The third-order valence-electron chi connectivity index (χ3n) is 5.81. The maximum atomic E-state index is 14.2. The van der Waals surface area contributed by atoms with E-state index in [4.69, 9.17) is 4.74 Å². The van der Waals surface area contributed by atoms with Crippen molar-refractivity contribution in [3.05, 3.63) is 59.2 Å². The molecule has 1 unspecified atom stereocenters. The predicted octanol–water partition coefficient (Wildman–Crippen LogP) is 6.00. The van der Waals surface area contributed by atoms with E-state index in [1.54, 1.807) is 19.1 Å². The van der Waals surface area contributed by atoms with Crippen LogP contribution in [0.15, 0.2) is 36.4 Å². The Morgan fingerprint density at radius 3 is 2.24 bits per heavy atom. The Morgan fingerprint density at radius 2 is 1.60 bits per heavy atom. The molecule has 1 saturated heterocycles. The lowest BCUT2D eigenvalue weighted by Crippen LogP contribution is -2.15. The Bertz CT molecular complexity index is 741. The van der Waals surface area contributed by atoms with Gasteiger partial charge >= 0.3 is 0 Å². The maximum absolute atomic E-state index is 14.2. The third kappa shape index (κ3) is 3.62. The second kappa shape index (κ2) is 6.87. The van der Waals surface area contributed by atoms with Gasteiger partial charge in [0.2, 0.25) is 0 Å². The second-order valence-corrected chi connectivity index (χ2v) is 7.59. The van der Waals surface area contributed by atoms with Crippen LogP contribution in [-0.2, 0) is 4.74 Å². The first-order valence-electron chi connectivity index (χ1n) is 9.28. The minimum absolute atomic E-state index is 0.336. The highest BCUT2D eigenvalue weighted by Crippen LogP contribution is 2.39. The second-order valence-electron chi connectivity index (χ2n) is 7.59. The maximum Gasteiger partial charge on any atom is 0.166 e. The van der Waals surface area contributed by atoms with Crippen LogP contribution in [0.1, 0.15) is 49.1 Å². The topological polar surface area (TPSA) is 12.5 Å². The van der Waals surface area contributed by atoms with E-state index in [2.05, 4.69) is 12.1 Å². The average molecular weight is 342 g/mol. The van der Waals surface area contributed by atoms with Gasteiger partial charge in [-0.2, -0.15) is 0 Å². The molecule has 132 valence electrons. The van der Waals surface area contributed by atoms with Crippen molar-refractivity contribution in [3.63, 3.8) is 0 Å². The molecule has 2 aromatic rings. The third-order valence-corrected chi connectivity index (χ3v) is 5.81. The molecule has 1 saturated carbocycles. The highest BCUT2D eigenvalue weighted by molar-refractivity contribution is 5.65. The van der Waals surface area contributed by atoms with E-state index in [1.807, 2.05) is 12.1 Å². The molecular formula is C22H24F2O. The number of benzene rings is 2. The van der Waals surface area contributed by atoms with E-state index < -0.39 is 11.6 Å². The number of ether oxygens (including phenoxy) is 1. The molecule has 0 aromatic heterocycles. The Kier molecular flexibility index (Phi) is 4.60. The standard InChI is InChI=1S/C22H24F2O/c1-14-2-11-20(22(24)21(14)23)18-9-7-17(8-10-18)16-5-3-15(4-6-16)12-19-13-25-19/h2,7-11,15-16,19H,3-6,12-13H2,1H3. The van der Waals surface area contributed by atoms with Crippen LogP contribution in [0.3, 0.4) is 0 Å². The summed E-state index contributed by atoms with van der Waals surface area (Å²) in [7, 11) is 0. The molecule has 1 nitrogen and oxygen atoms in total. The highest BCUT2D eigenvalue weighted by Gasteiger charge is 2.29. The van der Waals surface area contributed by atoms with Crippen molar-refractivity contribution in [3.8, 4) is 11.1 Å². The van der Waals surface area contributed by atoms with Gasteiger partial charge in [-0.3, -0.25) is 0 Å². The lowest BCUT2D eigenvalue weighted by molar-refractivity contribution is 0.276. The minimum Gasteiger partial charge on any atom is -0.373 e. The van der Waals surface area contributed by atoms with Crippen molar-refractivity contribution < 1.29 is 13.5 Å². The van der Waals surface area contributed by atoms with Crippen molar-refractivity contribution in [2.75, 3.05) is 6.61 Å². The molecule has 1 aliphatic heterocycles. The molecule has 1 heterocycles. The molecular weight excluding hydrogens is 318 g/mol. The van der Waals surface area contributed by atoms with Crippen LogP contribution >= 0.6 is 0 Å². The fourth-order valence-electron chi connectivity index (χ4n) is 4.11. The van der Waals surface area contributed by atoms with Crippen LogP contribution in [0.5, 0.6) is 0 Å². The molecule has 25 heavy (non-hydrogen) atoms. The molecule has 0 radical (unpaired) electrons. The summed E-state index contributed by atoms with van der Waals surface area (Å²) in [5.41, 5.74) is 2.73. The van der Waals surface area contributed by atoms with Gasteiger partial charge in [-0.25, -0.2) is 8.78 Å². The quantitative estimate of drug-likeness (QED) is 0.621. The van der Waals surface area contributed by atoms with Gasteiger partial charge in [0.1, 0.15) is 0 Å². The van der Waals surface area contributed by atoms with Gasteiger partial charge in [-0.1, -0.05) is 36.4 Å². The Balaban J connectivity index is 1.44. The van der Waals surface area contributed by atoms with Crippen molar-refractivity contribution >= 4 is 0 Å². The average Bonchev–Trinajstić information content (AvgIpc) is 3.45. The summed E-state index contributed by atoms with van der Waals surface area (Å²) in [6, 6.07) is 11.3. The van der Waals surface area contributed by atoms with Crippen LogP contribution < -0.4 is 0 Å². The monoisotopic (exact) mass is 342 g/mol. The van der Waals surface area contributed by atoms with Crippen LogP contribution in [0.2, 0.25) is 0 Å². The molecule has 0 amide bonds. The molecule has 2 aliphatic rings. The number of rotatable bonds is 4. The van der Waals surface area contributed by atoms with Crippen LogP contribution in [0.25, 0.3) is 11.1 Å². The molecule has 4 rings (SSSR count). The van der Waals surface area contributed by atoms with Gasteiger partial charge in [0.05, 0.1) is 12.7 Å². The lowest BCUT2D eigenvalue weighted by atomic mass is 9.77. The Labute approximate surface area is 148 Å². The van der Waals surface area contributed by atoms with Gasteiger partial charge in [0, 0.05) is 5.56 Å². The van der Waals surface area contributed by atoms with Gasteiger partial charge in [-0.15, -0.1) is 0 Å². The molecule has 3 heteroatoms. The van der Waals surface area contributed by atoms with Crippen LogP contribution in [0, 0.1) is 24.5 Å². The van der Waals surface area contributed by atoms with E-state index in [-0.39, 0.29) is 0 Å². The SMILES string of the molecule is Cc1ccc(-c2ccc(C3CCC(CC4CO4)CC3)cc2)c(F)c1F. The minimum atomic E-state index is -0.754. The number of hydrogen-bond donors (Lipinski definition) is 0. The zero-order valence-corrected chi connectivity index (χ0v) is 14.6. The summed E-state index contributed by atoms with van der Waals surface area (Å²) in [4.78, 5) is 0. The summed E-state index contributed by atoms with van der Waals surface area (Å²) in [6.45, 7) is 2.54. The van der Waals surface area contributed by atoms with Gasteiger partial charge < -0.3 is 4.74 Å². The Hall–Kier alpha value is -1.74. The summed E-state index contributed by atoms with van der Waals surface area (Å²) in [6.07, 6.45) is 6.72. The first kappa shape index (κ1) is 16.7. The van der Waals surface area contributed by atoms with E-state index >= 15 is 0 Å². The van der Waals surface area contributed by atoms with Crippen molar-refractivity contribution in [1.29, 1.82) is 0 Å². The molecule has 1 atom stereocenters. The van der Waals surface area contributed by atoms with E-state index in [0.29, 0.717) is 23.1 Å². The summed E-state index contributed by atoms with van der Waals surface area (Å²) in [5.74, 6) is -0.104. The first-order valence-corrected chi connectivity index (χ1v) is 9.28. The number of hydrogen-bond acceptors (Lipinski definition) is 1. The molecule has 0 N–H and O–H groups in total. The molecule has 0 spiro atoms. The molecule has 0 bridgehead atoms. The summed E-state index contributed by atoms with van der Waals surface area (Å²) < 4.78 is 33.3. The molecule has 2 aromatic carbocycles. The van der Waals surface area contributed by atoms with Crippen LogP contribution in [0.4, 0.5) is 8.78 Å². The van der Waals surface area contributed by atoms with Crippen LogP contribution in [-0.4, -0.2) is 12.7 Å². The lowest BCUT2D eigenvalue weighted by Gasteiger charge is -2.28. The molecule has 1 aliphatic carbocycles. The van der Waals surface area contributed by atoms with E-state index in [9.17, 15) is 8.78 Å². The normalized spacial score (nSPS) is 25.8. The van der Waals surface area contributed by atoms with Crippen molar-refractivity contribution in [1.82, 2.24) is 0 Å². The number of halogens is 2. The van der Waals surface area contributed by atoms with Gasteiger partial charge in [-0.05, 0) is 67.6 Å². The fourth-order valence-corrected chi connectivity index (χ4v) is 4.11. The zero-order valence-electron chi connectivity index (χ0n) is 14.6. The smallest absolute Gasteiger partial charge is 0.166 e. The summed E-state index contributed by atoms with van der Waals surface area (Å²) >= 11 is 0. The number of aryl methyl sites for hydroxylation is 1. The first-order chi connectivity index (χ1) is 12.1. The highest BCUT2D eigenvalue weighted by atomic mass is 19.2. The van der Waals surface area contributed by atoms with E-state index in [0.717, 1.165) is 18.1 Å². The fraction of sp³-hybridized carbons (Fsp3) is 0.455. The van der Waals surface area contributed by atoms with Crippen molar-refractivity contribution in [2.45, 2.75) is 51.0 Å². The largest absolute Gasteiger partial charge is 0.373 e. The number of epoxide rings is 1. The molecule has 2 fully saturated rings. The van der Waals surface area contributed by atoms with Gasteiger partial charge in [0.15, 0.2) is 11.6 Å². The van der Waals surface area contributed by atoms with Crippen molar-refractivity contribution in [2.24, 2.45) is 5.92 Å². The van der Waals surface area contributed by atoms with Gasteiger partial charge in [0.25, 0.3) is 0 Å².